The third kappa shape index (κ3) is 1.12. The molecule has 1 aliphatic rings. The Morgan fingerprint density at radius 2 is 2.50 bits per heavy atom. The molecule has 1 saturated heterocycles. The molecule has 4 nitrogen and oxygen atoms in total. The lowest BCUT2D eigenvalue weighted by molar-refractivity contribution is -0.167. The van der Waals surface area contributed by atoms with Gasteiger partial charge in [0.2, 0.25) is 0 Å². The Kier molecular flexibility index (Phi) is 1.92. The second-order valence-electron chi connectivity index (χ2n) is 2.47. The van der Waals surface area contributed by atoms with Crippen molar-refractivity contribution in [2.45, 2.75) is 18.9 Å². The van der Waals surface area contributed by atoms with Crippen molar-refractivity contribution < 1.29 is 14.4 Å². The fourth-order valence-electron chi connectivity index (χ4n) is 0.911. The number of hydroxylamine groups is 1. The molecule has 0 bridgehead atoms. The van der Waals surface area contributed by atoms with Crippen LogP contribution in [0.25, 0.3) is 0 Å². The second kappa shape index (κ2) is 2.56. The number of rotatable bonds is 1. The highest BCUT2D eigenvalue weighted by Gasteiger charge is 2.39. The first kappa shape index (κ1) is 7.50. The SMILES string of the molecule is COC(=O)[C@@]1(C)CCNO1. The van der Waals surface area contributed by atoms with Gasteiger partial charge >= 0.3 is 5.97 Å². The van der Waals surface area contributed by atoms with Crippen LogP contribution in [-0.4, -0.2) is 25.2 Å². The van der Waals surface area contributed by atoms with Gasteiger partial charge in [0.05, 0.1) is 7.11 Å². The molecule has 4 heteroatoms. The van der Waals surface area contributed by atoms with Gasteiger partial charge in [-0.2, -0.15) is 0 Å². The van der Waals surface area contributed by atoms with Gasteiger partial charge in [0.25, 0.3) is 0 Å². The molecule has 0 spiro atoms. The lowest BCUT2D eigenvalue weighted by Crippen LogP contribution is -2.36. The minimum absolute atomic E-state index is 0.322. The maximum Gasteiger partial charge on any atom is 0.340 e. The molecule has 0 aromatic heterocycles. The molecule has 1 heterocycles. The molecule has 10 heavy (non-hydrogen) atoms. The highest BCUT2D eigenvalue weighted by molar-refractivity contribution is 5.79. The molecule has 0 unspecified atom stereocenters. The third-order valence-electron chi connectivity index (χ3n) is 1.62. The van der Waals surface area contributed by atoms with Gasteiger partial charge in [-0.1, -0.05) is 0 Å². The molecule has 1 atom stereocenters. The van der Waals surface area contributed by atoms with Crippen LogP contribution in [0.2, 0.25) is 0 Å². The molecular weight excluding hydrogens is 134 g/mol. The van der Waals surface area contributed by atoms with Gasteiger partial charge < -0.3 is 4.74 Å². The molecule has 0 aromatic rings. The molecule has 0 saturated carbocycles. The van der Waals surface area contributed by atoms with E-state index in [0.717, 1.165) is 0 Å². The maximum atomic E-state index is 10.9. The standard InChI is InChI=1S/C6H11NO3/c1-6(5(8)9-2)3-4-7-10-6/h7H,3-4H2,1-2H3/t6-/m1/s1. The fraction of sp³-hybridized carbons (Fsp3) is 0.833. The normalized spacial score (nSPS) is 32.2. The average molecular weight is 145 g/mol. The van der Waals surface area contributed by atoms with E-state index < -0.39 is 5.60 Å². The van der Waals surface area contributed by atoms with Crippen LogP contribution >= 0.6 is 0 Å². The van der Waals surface area contributed by atoms with Crippen LogP contribution in [0.5, 0.6) is 0 Å². The number of carbonyl (C=O) groups is 1. The summed E-state index contributed by atoms with van der Waals surface area (Å²) in [5.74, 6) is -0.322. The molecular formula is C6H11NO3. The van der Waals surface area contributed by atoms with E-state index >= 15 is 0 Å². The van der Waals surface area contributed by atoms with Crippen molar-refractivity contribution in [3.63, 3.8) is 0 Å². The minimum Gasteiger partial charge on any atom is -0.467 e. The topological polar surface area (TPSA) is 47.6 Å². The van der Waals surface area contributed by atoms with E-state index in [2.05, 4.69) is 10.2 Å². The number of ether oxygens (including phenoxy) is 1. The molecule has 1 aliphatic heterocycles. The summed E-state index contributed by atoms with van der Waals surface area (Å²) < 4.78 is 4.53. The zero-order chi connectivity index (χ0) is 7.61. The molecule has 0 radical (unpaired) electrons. The average Bonchev–Trinajstić information content (AvgIpc) is 2.36. The summed E-state index contributed by atoms with van der Waals surface area (Å²) in [5, 5.41) is 0. The van der Waals surface area contributed by atoms with Gasteiger partial charge in [0.1, 0.15) is 0 Å². The highest BCUT2D eigenvalue weighted by atomic mass is 16.7. The van der Waals surface area contributed by atoms with E-state index in [1.807, 2.05) is 0 Å². The Morgan fingerprint density at radius 3 is 2.90 bits per heavy atom. The summed E-state index contributed by atoms with van der Waals surface area (Å²) in [6.07, 6.45) is 0.666. The van der Waals surface area contributed by atoms with Crippen molar-refractivity contribution in [3.8, 4) is 0 Å². The highest BCUT2D eigenvalue weighted by Crippen LogP contribution is 2.19. The molecule has 1 fully saturated rings. The number of hydrogen-bond acceptors (Lipinski definition) is 4. The summed E-state index contributed by atoms with van der Waals surface area (Å²) in [5.41, 5.74) is 1.86. The van der Waals surface area contributed by atoms with Crippen LogP contribution in [-0.2, 0) is 14.4 Å². The van der Waals surface area contributed by atoms with Crippen molar-refractivity contribution in [1.82, 2.24) is 5.48 Å². The van der Waals surface area contributed by atoms with Crippen LogP contribution < -0.4 is 5.48 Å². The van der Waals surface area contributed by atoms with Crippen LogP contribution in [0.4, 0.5) is 0 Å². The Balaban J connectivity index is 2.58. The van der Waals surface area contributed by atoms with Crippen molar-refractivity contribution in [2.24, 2.45) is 0 Å². The number of esters is 1. The van der Waals surface area contributed by atoms with Crippen LogP contribution in [0.15, 0.2) is 0 Å². The largest absolute Gasteiger partial charge is 0.467 e. The fourth-order valence-corrected chi connectivity index (χ4v) is 0.911. The van der Waals surface area contributed by atoms with Gasteiger partial charge in [-0.25, -0.2) is 10.3 Å². The monoisotopic (exact) mass is 145 g/mol. The van der Waals surface area contributed by atoms with E-state index in [9.17, 15) is 4.79 Å². The lowest BCUT2D eigenvalue weighted by atomic mass is 10.0. The first-order valence-electron chi connectivity index (χ1n) is 3.18. The van der Waals surface area contributed by atoms with Crippen LogP contribution in [0.3, 0.4) is 0 Å². The number of hydrogen-bond donors (Lipinski definition) is 1. The van der Waals surface area contributed by atoms with Crippen LogP contribution in [0.1, 0.15) is 13.3 Å². The van der Waals surface area contributed by atoms with Crippen LogP contribution in [0, 0.1) is 0 Å². The van der Waals surface area contributed by atoms with E-state index in [0.29, 0.717) is 13.0 Å². The Bertz CT molecular complexity index is 140. The summed E-state index contributed by atoms with van der Waals surface area (Å²) in [6.45, 7) is 2.41. The Labute approximate surface area is 59.5 Å². The predicted molar refractivity (Wildman–Crippen MR) is 34.1 cm³/mol. The first-order valence-corrected chi connectivity index (χ1v) is 3.18. The summed E-state index contributed by atoms with van der Waals surface area (Å²) >= 11 is 0. The van der Waals surface area contributed by atoms with E-state index in [1.165, 1.54) is 7.11 Å². The number of nitrogens with one attached hydrogen (secondary N) is 1. The van der Waals surface area contributed by atoms with Crippen molar-refractivity contribution in [3.05, 3.63) is 0 Å². The Morgan fingerprint density at radius 1 is 1.80 bits per heavy atom. The minimum atomic E-state index is -0.769. The first-order chi connectivity index (χ1) is 4.69. The molecule has 58 valence electrons. The van der Waals surface area contributed by atoms with Gasteiger partial charge in [0, 0.05) is 13.0 Å². The van der Waals surface area contributed by atoms with Gasteiger partial charge in [-0.15, -0.1) is 0 Å². The van der Waals surface area contributed by atoms with Gasteiger partial charge in [0.15, 0.2) is 5.60 Å². The lowest BCUT2D eigenvalue weighted by Gasteiger charge is -2.17. The van der Waals surface area contributed by atoms with Crippen molar-refractivity contribution in [1.29, 1.82) is 0 Å². The predicted octanol–water partition coefficient (Wildman–Crippen LogP) is -0.157. The quantitative estimate of drug-likeness (QED) is 0.521. The Hall–Kier alpha value is -0.610. The van der Waals surface area contributed by atoms with E-state index in [-0.39, 0.29) is 5.97 Å². The van der Waals surface area contributed by atoms with Crippen molar-refractivity contribution in [2.75, 3.05) is 13.7 Å². The van der Waals surface area contributed by atoms with Crippen molar-refractivity contribution >= 4 is 5.97 Å². The summed E-state index contributed by atoms with van der Waals surface area (Å²) in [7, 11) is 1.36. The molecule has 0 amide bonds. The van der Waals surface area contributed by atoms with Gasteiger partial charge in [-0.3, -0.25) is 4.84 Å². The summed E-state index contributed by atoms with van der Waals surface area (Å²) in [4.78, 5) is 15.9. The second-order valence-corrected chi connectivity index (χ2v) is 2.47. The molecule has 0 aliphatic carbocycles. The van der Waals surface area contributed by atoms with Gasteiger partial charge in [-0.05, 0) is 6.92 Å². The molecule has 0 aromatic carbocycles. The smallest absolute Gasteiger partial charge is 0.340 e. The van der Waals surface area contributed by atoms with E-state index in [4.69, 9.17) is 4.84 Å². The maximum absolute atomic E-state index is 10.9. The number of methoxy groups -OCH3 is 1. The van der Waals surface area contributed by atoms with E-state index in [1.54, 1.807) is 6.92 Å². The molecule has 1 N–H and O–H groups in total. The molecule has 1 rings (SSSR count). The zero-order valence-corrected chi connectivity index (χ0v) is 6.14. The summed E-state index contributed by atoms with van der Waals surface area (Å²) in [6, 6.07) is 0. The number of carbonyl (C=O) groups excluding carboxylic acids is 1. The zero-order valence-electron chi connectivity index (χ0n) is 6.14. The third-order valence-corrected chi connectivity index (χ3v) is 1.62.